The van der Waals surface area contributed by atoms with E-state index in [9.17, 15) is 45.6 Å². The number of allylic oxidation sites excluding steroid dienone is 16. The van der Waals surface area contributed by atoms with Gasteiger partial charge in [0.15, 0.2) is 12.6 Å². The Bertz CT molecular complexity index is 1780. The Morgan fingerprint density at radius 3 is 1.24 bits per heavy atom. The molecule has 9 N–H and O–H groups in total. The lowest BCUT2D eigenvalue weighted by molar-refractivity contribution is -0.359. The predicted molar refractivity (Wildman–Crippen MR) is 341 cm³/mol. The van der Waals surface area contributed by atoms with Gasteiger partial charge in [0.25, 0.3) is 0 Å². The quantitative estimate of drug-likeness (QED) is 0.0204. The number of hydrogen-bond donors (Lipinski definition) is 9. The van der Waals surface area contributed by atoms with E-state index in [4.69, 9.17) is 18.9 Å². The zero-order valence-electron chi connectivity index (χ0n) is 52.4. The predicted octanol–water partition coefficient (Wildman–Crippen LogP) is 13.0. The van der Waals surface area contributed by atoms with Gasteiger partial charge < -0.3 is 65.1 Å². The summed E-state index contributed by atoms with van der Waals surface area (Å²) in [6, 6.07) is -0.861. The lowest BCUT2D eigenvalue weighted by Crippen LogP contribution is -2.65. The third kappa shape index (κ3) is 38.2. The van der Waals surface area contributed by atoms with E-state index in [1.807, 2.05) is 0 Å². The molecule has 0 aromatic rings. The van der Waals surface area contributed by atoms with E-state index in [0.29, 0.717) is 12.8 Å². The Kier molecular flexibility index (Phi) is 49.6. The van der Waals surface area contributed by atoms with Crippen molar-refractivity contribution in [2.24, 2.45) is 0 Å². The topological polar surface area (TPSA) is 228 Å². The molecule has 0 spiro atoms. The normalized spacial score (nSPS) is 24.3. The summed E-state index contributed by atoms with van der Waals surface area (Å²) < 4.78 is 22.9. The average molecular weight is 1180 g/mol. The van der Waals surface area contributed by atoms with Crippen LogP contribution in [0.4, 0.5) is 0 Å². The van der Waals surface area contributed by atoms with Crippen molar-refractivity contribution >= 4 is 5.91 Å². The fraction of sp³-hybridized carbons (Fsp3) is 0.757. The summed E-state index contributed by atoms with van der Waals surface area (Å²) in [6.45, 7) is 2.73. The van der Waals surface area contributed by atoms with Gasteiger partial charge in [-0.2, -0.15) is 0 Å². The highest BCUT2D eigenvalue weighted by Gasteiger charge is 2.51. The van der Waals surface area contributed by atoms with Crippen molar-refractivity contribution in [3.05, 3.63) is 97.2 Å². The zero-order chi connectivity index (χ0) is 60.9. The third-order valence-corrected chi connectivity index (χ3v) is 15.8. The third-order valence-electron chi connectivity index (χ3n) is 15.8. The van der Waals surface area contributed by atoms with E-state index in [2.05, 4.69) is 116 Å². The molecule has 484 valence electrons. The van der Waals surface area contributed by atoms with Gasteiger partial charge in [0.2, 0.25) is 5.91 Å². The number of nitrogens with one attached hydrogen (secondary N) is 1. The molecule has 2 aliphatic heterocycles. The number of carbonyl (C=O) groups excluding carboxylic acids is 1. The maximum absolute atomic E-state index is 13.3. The second kappa shape index (κ2) is 54.1. The number of aliphatic hydroxyl groups is 8. The van der Waals surface area contributed by atoms with Gasteiger partial charge in [-0.3, -0.25) is 4.79 Å². The van der Waals surface area contributed by atoms with Gasteiger partial charge in [0.1, 0.15) is 48.8 Å². The number of aliphatic hydroxyl groups excluding tert-OH is 8. The lowest BCUT2D eigenvalue weighted by Gasteiger charge is -2.46. The minimum absolute atomic E-state index is 0.243. The molecule has 14 heteroatoms. The first-order valence-electron chi connectivity index (χ1n) is 33.5. The molecule has 0 radical (unpaired) electrons. The van der Waals surface area contributed by atoms with Crippen LogP contribution >= 0.6 is 0 Å². The Morgan fingerprint density at radius 1 is 0.440 bits per heavy atom. The van der Waals surface area contributed by atoms with Crippen LogP contribution in [0.15, 0.2) is 97.2 Å². The van der Waals surface area contributed by atoms with E-state index in [0.717, 1.165) is 89.9 Å². The van der Waals surface area contributed by atoms with Crippen LogP contribution in [0.25, 0.3) is 0 Å². The Hall–Kier alpha value is -3.09. The average Bonchev–Trinajstić information content (AvgIpc) is 3.62. The van der Waals surface area contributed by atoms with Gasteiger partial charge in [0, 0.05) is 6.42 Å². The van der Waals surface area contributed by atoms with Crippen LogP contribution in [0.2, 0.25) is 0 Å². The molecular weight excluding hydrogens is 1060 g/mol. The SMILES string of the molecule is CC/C=C\C/C=C\C/C=C\C/C=C\C/C=C\C/C=C\C/C=C\C/C=C\CCCCC(=O)NC(COC1OC(CO)C(OC2OC(CO)C(O)C(O)C2O)C(O)C1O)C(O)CCCCCCCCCCCCCCCCCCCCCCCCC. The number of hydrogen-bond acceptors (Lipinski definition) is 13. The van der Waals surface area contributed by atoms with Crippen LogP contribution in [0.5, 0.6) is 0 Å². The highest BCUT2D eigenvalue weighted by atomic mass is 16.7. The maximum Gasteiger partial charge on any atom is 0.220 e. The Labute approximate surface area is 509 Å². The molecule has 0 saturated carbocycles. The summed E-state index contributed by atoms with van der Waals surface area (Å²) in [5, 5.41) is 87.5. The van der Waals surface area contributed by atoms with Gasteiger partial charge in [-0.15, -0.1) is 0 Å². The minimum Gasteiger partial charge on any atom is -0.394 e. The monoisotopic (exact) mass is 1180 g/mol. The van der Waals surface area contributed by atoms with Crippen LogP contribution in [0.1, 0.15) is 245 Å². The van der Waals surface area contributed by atoms with E-state index >= 15 is 0 Å². The van der Waals surface area contributed by atoms with Gasteiger partial charge in [-0.25, -0.2) is 0 Å². The molecule has 2 fully saturated rings. The summed E-state index contributed by atoms with van der Waals surface area (Å²) >= 11 is 0. The van der Waals surface area contributed by atoms with Crippen molar-refractivity contribution in [3.8, 4) is 0 Å². The van der Waals surface area contributed by atoms with E-state index < -0.39 is 86.8 Å². The van der Waals surface area contributed by atoms with Crippen molar-refractivity contribution in [2.45, 2.75) is 319 Å². The molecule has 2 saturated heterocycles. The van der Waals surface area contributed by atoms with Crippen molar-refractivity contribution in [3.63, 3.8) is 0 Å². The molecule has 14 nitrogen and oxygen atoms in total. The highest BCUT2D eigenvalue weighted by Crippen LogP contribution is 2.30. The smallest absolute Gasteiger partial charge is 0.220 e. The molecule has 0 bridgehead atoms. The Balaban J connectivity index is 1.74. The molecule has 12 unspecified atom stereocenters. The number of ether oxygens (including phenoxy) is 4. The summed E-state index contributed by atoms with van der Waals surface area (Å²) in [4.78, 5) is 13.3. The van der Waals surface area contributed by atoms with E-state index in [1.54, 1.807) is 0 Å². The van der Waals surface area contributed by atoms with Crippen molar-refractivity contribution in [2.75, 3.05) is 19.8 Å². The van der Waals surface area contributed by atoms with Crippen LogP contribution in [0.3, 0.4) is 0 Å². The molecule has 84 heavy (non-hydrogen) atoms. The van der Waals surface area contributed by atoms with E-state index in [-0.39, 0.29) is 18.9 Å². The van der Waals surface area contributed by atoms with E-state index in [1.165, 1.54) is 122 Å². The molecule has 0 aromatic carbocycles. The lowest BCUT2D eigenvalue weighted by atomic mass is 9.97. The van der Waals surface area contributed by atoms with Crippen molar-refractivity contribution in [1.82, 2.24) is 5.32 Å². The summed E-state index contributed by atoms with van der Waals surface area (Å²) in [5.41, 5.74) is 0. The summed E-state index contributed by atoms with van der Waals surface area (Å²) in [7, 11) is 0. The van der Waals surface area contributed by atoms with Crippen molar-refractivity contribution in [1.29, 1.82) is 0 Å². The fourth-order valence-electron chi connectivity index (χ4n) is 10.5. The van der Waals surface area contributed by atoms with Gasteiger partial charge >= 0.3 is 0 Å². The first-order valence-corrected chi connectivity index (χ1v) is 33.5. The van der Waals surface area contributed by atoms with Gasteiger partial charge in [-0.1, -0.05) is 259 Å². The molecule has 0 aromatic heterocycles. The number of unbranched alkanes of at least 4 members (excludes halogenated alkanes) is 24. The molecule has 2 aliphatic rings. The maximum atomic E-state index is 13.3. The summed E-state index contributed by atoms with van der Waals surface area (Å²) in [6.07, 6.45) is 58.4. The largest absolute Gasteiger partial charge is 0.394 e. The molecule has 0 aliphatic carbocycles. The van der Waals surface area contributed by atoms with Crippen LogP contribution in [0, 0.1) is 0 Å². The molecular formula is C70H121NO13. The first kappa shape index (κ1) is 77.0. The second-order valence-corrected chi connectivity index (χ2v) is 23.2. The minimum atomic E-state index is -1.79. The van der Waals surface area contributed by atoms with Gasteiger partial charge in [0.05, 0.1) is 32.0 Å². The van der Waals surface area contributed by atoms with Crippen LogP contribution in [-0.2, 0) is 23.7 Å². The Morgan fingerprint density at radius 2 is 0.821 bits per heavy atom. The molecule has 2 rings (SSSR count). The van der Waals surface area contributed by atoms with Crippen molar-refractivity contribution < 1.29 is 64.6 Å². The number of carbonyl (C=O) groups is 1. The zero-order valence-corrected chi connectivity index (χ0v) is 52.4. The molecule has 1 amide bonds. The standard InChI is InChI=1S/C70H121NO13/c1-3-5-7-9-11-13-15-17-19-21-23-25-27-28-29-30-32-34-36-38-40-42-44-46-48-50-52-54-62(75)71-58(57-81-69-67(80)65(78)68(61(56-73)83-69)84-70-66(79)64(77)63(76)60(55-72)82-70)59(74)53-51-49-47-45-43-41-39-37-35-33-31-26-24-22-20-18-16-14-12-10-8-6-4-2/h5,7,11,13,17,19,23,25,28-29,32,34,38,40,44,46,58-61,63-70,72-74,76-80H,3-4,6,8-10,12,14-16,18,20-22,24,26-27,30-31,33,35-37,39,41-43,45,47-57H2,1-2H3,(H,71,75)/b7-5-,13-11-,19-17-,25-23-,29-28-,34-32-,40-38-,46-44-. The fourth-order valence-corrected chi connectivity index (χ4v) is 10.5. The molecule has 12 atom stereocenters. The van der Waals surface area contributed by atoms with Crippen LogP contribution in [-0.4, -0.2) is 140 Å². The summed E-state index contributed by atoms with van der Waals surface area (Å²) in [5.74, 6) is -0.250. The highest BCUT2D eigenvalue weighted by molar-refractivity contribution is 5.76. The van der Waals surface area contributed by atoms with Crippen LogP contribution < -0.4 is 5.32 Å². The number of rotatable bonds is 53. The second-order valence-electron chi connectivity index (χ2n) is 23.2. The van der Waals surface area contributed by atoms with Gasteiger partial charge in [-0.05, 0) is 77.0 Å². The first-order chi connectivity index (χ1) is 41.1. The molecule has 2 heterocycles. The number of amides is 1.